The largest absolute Gasteiger partial charge is 0.464 e. The maximum absolute atomic E-state index is 10.5. The van der Waals surface area contributed by atoms with E-state index in [0.717, 1.165) is 0 Å². The van der Waals surface area contributed by atoms with Gasteiger partial charge in [0, 0.05) is 5.33 Å². The Morgan fingerprint density at radius 3 is 2.62 bits per heavy atom. The lowest BCUT2D eigenvalue weighted by Crippen LogP contribution is -2.46. The lowest BCUT2D eigenvalue weighted by molar-refractivity contribution is -0.179. The highest BCUT2D eigenvalue weighted by molar-refractivity contribution is 9.09. The molecular formula is C5H7BrO2. The predicted molar refractivity (Wildman–Crippen MR) is 32.9 cm³/mol. The molecule has 0 radical (unpaired) electrons. The fraction of sp³-hybridized carbons (Fsp3) is 0.800. The first-order valence-corrected chi connectivity index (χ1v) is 3.54. The highest BCUT2D eigenvalue weighted by atomic mass is 79.9. The van der Waals surface area contributed by atoms with Crippen LogP contribution in [0.4, 0.5) is 0 Å². The van der Waals surface area contributed by atoms with Gasteiger partial charge in [-0.15, -0.1) is 0 Å². The number of halogens is 1. The lowest BCUT2D eigenvalue weighted by atomic mass is 9.91. The van der Waals surface area contributed by atoms with Gasteiger partial charge in [0.05, 0.1) is 0 Å². The smallest absolute Gasteiger partial charge is 0.316 e. The molecule has 1 rings (SSSR count). The number of ether oxygens (including phenoxy) is 1. The van der Waals surface area contributed by atoms with Crippen molar-refractivity contribution in [1.82, 2.24) is 0 Å². The molecule has 8 heavy (non-hydrogen) atoms. The van der Waals surface area contributed by atoms with Crippen molar-refractivity contribution in [1.29, 1.82) is 0 Å². The van der Waals surface area contributed by atoms with Crippen molar-refractivity contribution in [2.75, 3.05) is 11.9 Å². The summed E-state index contributed by atoms with van der Waals surface area (Å²) in [5, 5.41) is 0.707. The average Bonchev–Trinajstić information content (AvgIpc) is 1.83. The maximum Gasteiger partial charge on any atom is 0.316 e. The molecule has 1 aliphatic heterocycles. The third-order valence-electron chi connectivity index (χ3n) is 1.31. The molecule has 2 nitrogen and oxygen atoms in total. The number of esters is 1. The fourth-order valence-corrected chi connectivity index (χ4v) is 0.861. The first kappa shape index (κ1) is 6.08. The minimum absolute atomic E-state index is 0.0885. The van der Waals surface area contributed by atoms with Crippen molar-refractivity contribution < 1.29 is 9.53 Å². The molecule has 1 heterocycles. The molecule has 1 aliphatic rings. The standard InChI is InChI=1S/C5H7BrO2/c1-5(2-6)3-8-4(5)7/h2-3H2,1H3. The summed E-state index contributed by atoms with van der Waals surface area (Å²) < 4.78 is 4.57. The van der Waals surface area contributed by atoms with E-state index in [4.69, 9.17) is 0 Å². The topological polar surface area (TPSA) is 26.3 Å². The van der Waals surface area contributed by atoms with E-state index in [9.17, 15) is 4.79 Å². The summed E-state index contributed by atoms with van der Waals surface area (Å²) in [6.07, 6.45) is 0. The molecule has 1 unspecified atom stereocenters. The number of carbonyl (C=O) groups is 1. The van der Waals surface area contributed by atoms with Crippen molar-refractivity contribution in [3.05, 3.63) is 0 Å². The molecule has 0 aromatic heterocycles. The molecule has 0 bridgehead atoms. The molecule has 3 heteroatoms. The first-order chi connectivity index (χ1) is 3.69. The van der Waals surface area contributed by atoms with Gasteiger partial charge in [-0.3, -0.25) is 4.79 Å². The Morgan fingerprint density at radius 1 is 2.00 bits per heavy atom. The van der Waals surface area contributed by atoms with Gasteiger partial charge >= 0.3 is 5.97 Å². The highest BCUT2D eigenvalue weighted by Crippen LogP contribution is 2.29. The molecule has 0 aromatic carbocycles. The summed E-state index contributed by atoms with van der Waals surface area (Å²) in [6.45, 7) is 2.45. The quantitative estimate of drug-likeness (QED) is 0.442. The number of hydrogen-bond acceptors (Lipinski definition) is 2. The third kappa shape index (κ3) is 0.652. The van der Waals surface area contributed by atoms with Gasteiger partial charge in [0.15, 0.2) is 0 Å². The first-order valence-electron chi connectivity index (χ1n) is 2.42. The van der Waals surface area contributed by atoms with Crippen molar-refractivity contribution in [2.45, 2.75) is 6.92 Å². The van der Waals surface area contributed by atoms with Crippen LogP contribution in [-0.4, -0.2) is 17.9 Å². The van der Waals surface area contributed by atoms with E-state index >= 15 is 0 Å². The van der Waals surface area contributed by atoms with E-state index in [1.54, 1.807) is 0 Å². The fourth-order valence-electron chi connectivity index (χ4n) is 0.471. The third-order valence-corrected chi connectivity index (χ3v) is 2.55. The Kier molecular flexibility index (Phi) is 1.31. The normalized spacial score (nSPS) is 36.0. The highest BCUT2D eigenvalue weighted by Gasteiger charge is 2.43. The number of alkyl halides is 1. The lowest BCUT2D eigenvalue weighted by Gasteiger charge is -2.33. The molecular weight excluding hydrogens is 172 g/mol. The summed E-state index contributed by atoms with van der Waals surface area (Å²) in [5.41, 5.74) is -0.222. The molecule has 0 N–H and O–H groups in total. The second-order valence-corrected chi connectivity index (χ2v) is 2.83. The van der Waals surface area contributed by atoms with Gasteiger partial charge in [0.25, 0.3) is 0 Å². The average molecular weight is 179 g/mol. The van der Waals surface area contributed by atoms with E-state index in [1.807, 2.05) is 6.92 Å². The van der Waals surface area contributed by atoms with Crippen LogP contribution in [0.5, 0.6) is 0 Å². The van der Waals surface area contributed by atoms with Crippen LogP contribution in [0, 0.1) is 5.41 Å². The Morgan fingerprint density at radius 2 is 2.62 bits per heavy atom. The van der Waals surface area contributed by atoms with Crippen LogP contribution in [-0.2, 0) is 9.53 Å². The van der Waals surface area contributed by atoms with Crippen LogP contribution in [0.25, 0.3) is 0 Å². The number of hydrogen-bond donors (Lipinski definition) is 0. The van der Waals surface area contributed by atoms with Gasteiger partial charge in [-0.25, -0.2) is 0 Å². The second-order valence-electron chi connectivity index (χ2n) is 2.27. The van der Waals surface area contributed by atoms with Gasteiger partial charge in [-0.05, 0) is 6.92 Å². The van der Waals surface area contributed by atoms with Crippen LogP contribution in [0.3, 0.4) is 0 Å². The molecule has 1 atom stereocenters. The van der Waals surface area contributed by atoms with Gasteiger partial charge < -0.3 is 4.74 Å². The summed E-state index contributed by atoms with van der Waals surface area (Å²) in [6, 6.07) is 0. The van der Waals surface area contributed by atoms with E-state index in [-0.39, 0.29) is 11.4 Å². The zero-order chi connectivity index (χ0) is 6.20. The zero-order valence-electron chi connectivity index (χ0n) is 4.61. The molecule has 0 saturated carbocycles. The minimum Gasteiger partial charge on any atom is -0.464 e. The molecule has 0 amide bonds. The second kappa shape index (κ2) is 1.72. The molecule has 1 saturated heterocycles. The SMILES string of the molecule is CC1(CBr)COC1=O. The van der Waals surface area contributed by atoms with Crippen molar-refractivity contribution in [3.63, 3.8) is 0 Å². The Balaban J connectivity index is 2.55. The van der Waals surface area contributed by atoms with Crippen LogP contribution < -0.4 is 0 Å². The Labute approximate surface area is 56.3 Å². The molecule has 1 fully saturated rings. The minimum atomic E-state index is -0.222. The molecule has 0 aromatic rings. The van der Waals surface area contributed by atoms with Gasteiger partial charge in [-0.1, -0.05) is 15.9 Å². The molecule has 0 spiro atoms. The number of cyclic esters (lactones) is 1. The van der Waals surface area contributed by atoms with Gasteiger partial charge in [-0.2, -0.15) is 0 Å². The van der Waals surface area contributed by atoms with Crippen molar-refractivity contribution >= 4 is 21.9 Å². The summed E-state index contributed by atoms with van der Waals surface area (Å²) in [7, 11) is 0. The predicted octanol–water partition coefficient (Wildman–Crippen LogP) is 0.944. The number of carbonyl (C=O) groups excluding carboxylic acids is 1. The van der Waals surface area contributed by atoms with E-state index in [0.29, 0.717) is 11.9 Å². The Bertz CT molecular complexity index is 120. The van der Waals surface area contributed by atoms with E-state index in [2.05, 4.69) is 20.7 Å². The summed E-state index contributed by atoms with van der Waals surface area (Å²) in [4.78, 5) is 10.5. The van der Waals surface area contributed by atoms with Crippen LogP contribution in [0.2, 0.25) is 0 Å². The van der Waals surface area contributed by atoms with E-state index in [1.165, 1.54) is 0 Å². The Hall–Kier alpha value is -0.0500. The summed E-state index contributed by atoms with van der Waals surface area (Å²) in [5.74, 6) is -0.0885. The maximum atomic E-state index is 10.5. The summed E-state index contributed by atoms with van der Waals surface area (Å²) >= 11 is 3.22. The van der Waals surface area contributed by atoms with Crippen LogP contribution in [0.1, 0.15) is 6.92 Å². The van der Waals surface area contributed by atoms with Gasteiger partial charge in [0.2, 0.25) is 0 Å². The van der Waals surface area contributed by atoms with E-state index < -0.39 is 0 Å². The zero-order valence-corrected chi connectivity index (χ0v) is 6.19. The monoisotopic (exact) mass is 178 g/mol. The van der Waals surface area contributed by atoms with Gasteiger partial charge in [0.1, 0.15) is 12.0 Å². The van der Waals surface area contributed by atoms with Crippen LogP contribution >= 0.6 is 15.9 Å². The molecule has 0 aliphatic carbocycles. The van der Waals surface area contributed by atoms with Crippen molar-refractivity contribution in [2.24, 2.45) is 5.41 Å². The van der Waals surface area contributed by atoms with Crippen LogP contribution in [0.15, 0.2) is 0 Å². The molecule has 46 valence electrons. The number of rotatable bonds is 1. The van der Waals surface area contributed by atoms with Crippen molar-refractivity contribution in [3.8, 4) is 0 Å².